The third-order valence-corrected chi connectivity index (χ3v) is 6.38. The fraction of sp³-hybridized carbons (Fsp3) is 0.100. The van der Waals surface area contributed by atoms with Crippen LogP contribution in [0.15, 0.2) is 84.9 Å². The molecule has 0 aliphatic carbocycles. The van der Waals surface area contributed by atoms with Crippen molar-refractivity contribution in [1.82, 2.24) is 0 Å². The average molecular weight is 394 g/mol. The van der Waals surface area contributed by atoms with Crippen LogP contribution in [0, 0.1) is 5.82 Å². The first kappa shape index (κ1) is 19.3. The van der Waals surface area contributed by atoms with Crippen molar-refractivity contribution in [3.8, 4) is 0 Å². The summed E-state index contributed by atoms with van der Waals surface area (Å²) in [6, 6.07) is 19.3. The summed E-state index contributed by atoms with van der Waals surface area (Å²) in [5, 5.41) is 0.292. The fourth-order valence-corrected chi connectivity index (χ4v) is 4.82. The number of rotatable bonds is 5. The summed E-state index contributed by atoms with van der Waals surface area (Å²) in [6.45, 7) is 0. The van der Waals surface area contributed by atoms with Gasteiger partial charge in [-0.05, 0) is 42.0 Å². The molecule has 0 aliphatic heterocycles. The second-order valence-corrected chi connectivity index (χ2v) is 8.15. The zero-order chi connectivity index (χ0) is 19.5. The van der Waals surface area contributed by atoms with Gasteiger partial charge in [-0.25, -0.2) is 4.39 Å². The number of benzene rings is 3. The highest BCUT2D eigenvalue weighted by molar-refractivity contribution is 7.74. The van der Waals surface area contributed by atoms with Crippen molar-refractivity contribution in [3.63, 3.8) is 0 Å². The van der Waals surface area contributed by atoms with E-state index in [2.05, 4.69) is 0 Å². The van der Waals surface area contributed by atoms with Gasteiger partial charge in [-0.1, -0.05) is 48.5 Å². The van der Waals surface area contributed by atoms with Gasteiger partial charge in [-0.15, -0.1) is 0 Å². The molecule has 3 rings (SSSR count). The van der Waals surface area contributed by atoms with Crippen LogP contribution in [0.5, 0.6) is 0 Å². The topological polar surface area (TPSA) is 26.3 Å². The number of hydrogen-bond acceptors (Lipinski definition) is 2. The highest BCUT2D eigenvalue weighted by Gasteiger charge is 2.47. The Morgan fingerprint density at radius 2 is 1.19 bits per heavy atom. The molecule has 0 aliphatic rings. The second kappa shape index (κ2) is 7.67. The Kier molecular flexibility index (Phi) is 5.49. The highest BCUT2D eigenvalue weighted by atomic mass is 31.2. The number of alkyl halides is 3. The lowest BCUT2D eigenvalue weighted by Gasteiger charge is -2.27. The maximum atomic E-state index is 13.7. The molecule has 0 saturated carbocycles. The standard InChI is InChI=1S/C20H15F4O2P/c21-16-13-11-15(12-14-16)19(20(22,23)24)26-27(25,17-7-3-1-4-8-17)18-9-5-2-6-10-18/h1-14,19H/t19-/m1/s1. The highest BCUT2D eigenvalue weighted by Crippen LogP contribution is 2.52. The number of halogens is 4. The summed E-state index contributed by atoms with van der Waals surface area (Å²) in [6.07, 6.45) is -7.30. The molecule has 2 nitrogen and oxygen atoms in total. The molecule has 140 valence electrons. The lowest BCUT2D eigenvalue weighted by Crippen LogP contribution is -2.27. The van der Waals surface area contributed by atoms with Crippen molar-refractivity contribution in [3.05, 3.63) is 96.3 Å². The molecule has 27 heavy (non-hydrogen) atoms. The quantitative estimate of drug-likeness (QED) is 0.429. The van der Waals surface area contributed by atoms with Gasteiger partial charge in [0.15, 0.2) is 6.10 Å². The Labute approximate surface area is 153 Å². The van der Waals surface area contributed by atoms with E-state index < -0.39 is 25.5 Å². The van der Waals surface area contributed by atoms with Crippen molar-refractivity contribution in [2.75, 3.05) is 0 Å². The molecule has 3 aromatic carbocycles. The molecular weight excluding hydrogens is 379 g/mol. The summed E-state index contributed by atoms with van der Waals surface area (Å²) in [4.78, 5) is 0. The van der Waals surface area contributed by atoms with E-state index in [0.717, 1.165) is 24.3 Å². The van der Waals surface area contributed by atoms with E-state index in [0.29, 0.717) is 0 Å². The average Bonchev–Trinajstić information content (AvgIpc) is 2.67. The monoisotopic (exact) mass is 394 g/mol. The number of hydrogen-bond donors (Lipinski definition) is 0. The molecule has 0 heterocycles. The Bertz CT molecular complexity index is 882. The maximum absolute atomic E-state index is 13.7. The minimum absolute atomic E-state index is 0.146. The lowest BCUT2D eigenvalue weighted by molar-refractivity contribution is -0.197. The SMILES string of the molecule is O=P(O[C@H](c1ccc(F)cc1)C(F)(F)F)(c1ccccc1)c1ccccc1. The van der Waals surface area contributed by atoms with Crippen LogP contribution in [0.3, 0.4) is 0 Å². The molecule has 3 aromatic rings. The summed E-state index contributed by atoms with van der Waals surface area (Å²) in [5.41, 5.74) is -0.323. The third kappa shape index (κ3) is 4.29. The largest absolute Gasteiger partial charge is 0.419 e. The van der Waals surface area contributed by atoms with Crippen LogP contribution in [0.4, 0.5) is 17.6 Å². The second-order valence-electron chi connectivity index (χ2n) is 5.80. The summed E-state index contributed by atoms with van der Waals surface area (Å²) >= 11 is 0. The molecule has 0 saturated heterocycles. The van der Waals surface area contributed by atoms with Crippen molar-refractivity contribution in [1.29, 1.82) is 0 Å². The van der Waals surface area contributed by atoms with Gasteiger partial charge in [0.1, 0.15) is 5.82 Å². The van der Waals surface area contributed by atoms with E-state index in [4.69, 9.17) is 4.52 Å². The molecule has 0 N–H and O–H groups in total. The van der Waals surface area contributed by atoms with Crippen LogP contribution < -0.4 is 10.6 Å². The first-order valence-electron chi connectivity index (χ1n) is 8.02. The van der Waals surface area contributed by atoms with Gasteiger partial charge in [-0.3, -0.25) is 4.57 Å². The van der Waals surface area contributed by atoms with Gasteiger partial charge in [-0.2, -0.15) is 13.2 Å². The normalized spacial score (nSPS) is 13.3. The van der Waals surface area contributed by atoms with E-state index in [-0.39, 0.29) is 16.2 Å². The molecule has 7 heteroatoms. The molecule has 1 atom stereocenters. The van der Waals surface area contributed by atoms with E-state index >= 15 is 0 Å². The lowest BCUT2D eigenvalue weighted by atomic mass is 10.1. The maximum Gasteiger partial charge on any atom is 0.419 e. The molecule has 0 unspecified atom stereocenters. The molecular formula is C20H15F4O2P. The van der Waals surface area contributed by atoms with Crippen LogP contribution in [0.1, 0.15) is 11.7 Å². The molecule has 0 bridgehead atoms. The minimum Gasteiger partial charge on any atom is -0.304 e. The summed E-state index contributed by atoms with van der Waals surface area (Å²) in [5.74, 6) is -0.672. The van der Waals surface area contributed by atoms with Gasteiger partial charge >= 0.3 is 6.18 Å². The van der Waals surface area contributed by atoms with E-state index in [1.807, 2.05) is 0 Å². The Morgan fingerprint density at radius 3 is 1.59 bits per heavy atom. The fourth-order valence-electron chi connectivity index (χ4n) is 2.61. The van der Waals surface area contributed by atoms with Gasteiger partial charge < -0.3 is 4.52 Å². The summed E-state index contributed by atoms with van der Waals surface area (Å²) in [7, 11) is -4.07. The van der Waals surface area contributed by atoms with E-state index in [9.17, 15) is 22.1 Å². The Morgan fingerprint density at radius 1 is 0.741 bits per heavy atom. The van der Waals surface area contributed by atoms with Gasteiger partial charge in [0.25, 0.3) is 7.37 Å². The smallest absolute Gasteiger partial charge is 0.304 e. The predicted molar refractivity (Wildman–Crippen MR) is 96.0 cm³/mol. The van der Waals surface area contributed by atoms with Crippen molar-refractivity contribution >= 4 is 18.0 Å². The van der Waals surface area contributed by atoms with Crippen molar-refractivity contribution in [2.45, 2.75) is 12.3 Å². The Hall–Kier alpha value is -2.43. The van der Waals surface area contributed by atoms with Gasteiger partial charge in [0.05, 0.1) is 0 Å². The van der Waals surface area contributed by atoms with Crippen LogP contribution >= 0.6 is 7.37 Å². The first-order chi connectivity index (χ1) is 12.8. The van der Waals surface area contributed by atoms with Crippen LogP contribution in [-0.2, 0) is 9.09 Å². The zero-order valence-electron chi connectivity index (χ0n) is 13.9. The molecule has 0 amide bonds. The van der Waals surface area contributed by atoms with Crippen molar-refractivity contribution < 1.29 is 26.7 Å². The van der Waals surface area contributed by atoms with Crippen molar-refractivity contribution in [2.24, 2.45) is 0 Å². The van der Waals surface area contributed by atoms with Gasteiger partial charge in [0, 0.05) is 10.6 Å². The van der Waals surface area contributed by atoms with Crippen LogP contribution in [-0.4, -0.2) is 6.18 Å². The molecule has 0 aromatic heterocycles. The Balaban J connectivity index is 2.12. The van der Waals surface area contributed by atoms with Crippen LogP contribution in [0.25, 0.3) is 0 Å². The third-order valence-electron chi connectivity index (χ3n) is 3.92. The van der Waals surface area contributed by atoms with Gasteiger partial charge in [0.2, 0.25) is 0 Å². The molecule has 0 fully saturated rings. The van der Waals surface area contributed by atoms with Crippen LogP contribution in [0.2, 0.25) is 0 Å². The zero-order valence-corrected chi connectivity index (χ0v) is 14.8. The molecule has 0 spiro atoms. The summed E-state index contributed by atoms with van der Waals surface area (Å²) < 4.78 is 73.3. The van der Waals surface area contributed by atoms with E-state index in [1.165, 1.54) is 24.3 Å². The molecule has 0 radical (unpaired) electrons. The van der Waals surface area contributed by atoms with E-state index in [1.54, 1.807) is 36.4 Å². The minimum atomic E-state index is -4.84. The first-order valence-corrected chi connectivity index (χ1v) is 9.65. The predicted octanol–water partition coefficient (Wildman–Crippen LogP) is 5.37.